The van der Waals surface area contributed by atoms with Crippen LogP contribution in [0.1, 0.15) is 50.5 Å². The highest BCUT2D eigenvalue weighted by Crippen LogP contribution is 2.37. The Bertz CT molecular complexity index is 303. The maximum atomic E-state index is 13.8. The van der Waals surface area contributed by atoms with Crippen molar-refractivity contribution in [3.8, 4) is 0 Å². The van der Waals surface area contributed by atoms with Crippen molar-refractivity contribution >= 4 is 11.3 Å². The first-order valence-electron chi connectivity index (χ1n) is 5.29. The summed E-state index contributed by atoms with van der Waals surface area (Å²) in [5.41, 5.74) is 0.952. The summed E-state index contributed by atoms with van der Waals surface area (Å²) >= 11 is 1.52. The van der Waals surface area contributed by atoms with Crippen molar-refractivity contribution in [1.82, 2.24) is 0 Å². The number of hydrogen-bond acceptors (Lipinski definition) is 1. The van der Waals surface area contributed by atoms with Gasteiger partial charge in [-0.3, -0.25) is 0 Å². The largest absolute Gasteiger partial charge is 0.205 e. The van der Waals surface area contributed by atoms with Gasteiger partial charge in [0.25, 0.3) is 0 Å². The summed E-state index contributed by atoms with van der Waals surface area (Å²) in [5, 5.41) is 1.99. The van der Waals surface area contributed by atoms with E-state index >= 15 is 0 Å². The molecule has 0 nitrogen and oxygen atoms in total. The molecule has 1 rings (SSSR count). The molecule has 1 unspecified atom stereocenters. The van der Waals surface area contributed by atoms with Crippen molar-refractivity contribution in [2.75, 3.05) is 0 Å². The van der Waals surface area contributed by atoms with Crippen LogP contribution in [0.5, 0.6) is 0 Å². The zero-order valence-electron chi connectivity index (χ0n) is 9.48. The second-order valence-corrected chi connectivity index (χ2v) is 5.27. The maximum Gasteiger partial charge on any atom is 0.140 e. The van der Waals surface area contributed by atoms with Gasteiger partial charge in [0.05, 0.1) is 0 Å². The maximum absolute atomic E-state index is 13.8. The molecule has 1 aromatic rings. The van der Waals surface area contributed by atoms with Gasteiger partial charge in [-0.2, -0.15) is 0 Å². The van der Waals surface area contributed by atoms with Crippen LogP contribution in [0.3, 0.4) is 0 Å². The van der Waals surface area contributed by atoms with Crippen molar-refractivity contribution in [3.05, 3.63) is 21.6 Å². The summed E-state index contributed by atoms with van der Waals surface area (Å²) in [6.45, 7) is 8.32. The van der Waals surface area contributed by atoms with Crippen molar-refractivity contribution in [2.24, 2.45) is 0 Å². The van der Waals surface area contributed by atoms with Crippen LogP contribution < -0.4 is 0 Å². The van der Waals surface area contributed by atoms with Crippen LogP contribution in [-0.4, -0.2) is 0 Å². The lowest BCUT2D eigenvalue weighted by atomic mass is 9.77. The van der Waals surface area contributed by atoms with E-state index in [2.05, 4.69) is 20.8 Å². The molecule has 0 amide bonds. The Morgan fingerprint density at radius 3 is 2.43 bits per heavy atom. The second-order valence-electron chi connectivity index (χ2n) is 4.18. The van der Waals surface area contributed by atoms with Gasteiger partial charge < -0.3 is 0 Å². The van der Waals surface area contributed by atoms with Gasteiger partial charge in [0.1, 0.15) is 5.82 Å². The average molecular weight is 214 g/mol. The molecule has 0 saturated carbocycles. The van der Waals surface area contributed by atoms with Gasteiger partial charge in [0, 0.05) is 10.4 Å². The summed E-state index contributed by atoms with van der Waals surface area (Å²) in [5.74, 6) is 0.0211. The summed E-state index contributed by atoms with van der Waals surface area (Å²) in [6.07, 6.45) is 3.18. The molecule has 0 bridgehead atoms. The summed E-state index contributed by atoms with van der Waals surface area (Å²) < 4.78 is 13.8. The van der Waals surface area contributed by atoms with Crippen LogP contribution in [0.25, 0.3) is 0 Å². The van der Waals surface area contributed by atoms with Crippen molar-refractivity contribution < 1.29 is 4.39 Å². The van der Waals surface area contributed by atoms with Crippen LogP contribution in [-0.2, 0) is 5.41 Å². The van der Waals surface area contributed by atoms with Gasteiger partial charge in [0.2, 0.25) is 0 Å². The fourth-order valence-corrected chi connectivity index (χ4v) is 2.80. The monoisotopic (exact) mass is 214 g/mol. The molecule has 0 N–H and O–H groups in total. The van der Waals surface area contributed by atoms with Crippen molar-refractivity contribution in [1.29, 1.82) is 0 Å². The highest BCUT2D eigenvalue weighted by atomic mass is 32.1. The van der Waals surface area contributed by atoms with E-state index in [0.29, 0.717) is 0 Å². The van der Waals surface area contributed by atoms with Crippen molar-refractivity contribution in [3.63, 3.8) is 0 Å². The van der Waals surface area contributed by atoms with Crippen LogP contribution >= 0.6 is 11.3 Å². The van der Waals surface area contributed by atoms with Crippen LogP contribution in [0, 0.1) is 12.7 Å². The first-order valence-corrected chi connectivity index (χ1v) is 6.17. The van der Waals surface area contributed by atoms with Gasteiger partial charge in [0.15, 0.2) is 0 Å². The molecular weight excluding hydrogens is 195 g/mol. The van der Waals surface area contributed by atoms with Gasteiger partial charge >= 0.3 is 0 Å². The lowest BCUT2D eigenvalue weighted by molar-refractivity contribution is 0.396. The minimum atomic E-state index is 0.0211. The Hall–Kier alpha value is -0.370. The van der Waals surface area contributed by atoms with E-state index in [1.165, 1.54) is 11.3 Å². The Morgan fingerprint density at radius 2 is 2.07 bits per heavy atom. The second kappa shape index (κ2) is 4.43. The number of aryl methyl sites for hydroxylation is 1. The smallest absolute Gasteiger partial charge is 0.140 e. The minimum Gasteiger partial charge on any atom is -0.205 e. The molecule has 0 aliphatic rings. The number of thiophene rings is 1. The lowest BCUT2D eigenvalue weighted by Gasteiger charge is -2.27. The predicted octanol–water partition coefficient (Wildman–Crippen LogP) is 4.66. The zero-order valence-corrected chi connectivity index (χ0v) is 10.3. The molecule has 0 aliphatic carbocycles. The van der Waals surface area contributed by atoms with Crippen molar-refractivity contribution in [2.45, 2.75) is 52.4 Å². The molecule has 0 aromatic carbocycles. The third kappa shape index (κ3) is 2.00. The van der Waals surface area contributed by atoms with E-state index in [9.17, 15) is 4.39 Å². The molecule has 1 atom stereocenters. The third-order valence-corrected chi connectivity index (χ3v) is 4.02. The number of rotatable bonds is 4. The third-order valence-electron chi connectivity index (χ3n) is 3.13. The Labute approximate surface area is 90.2 Å². The molecule has 0 fully saturated rings. The predicted molar refractivity (Wildman–Crippen MR) is 61.6 cm³/mol. The quantitative estimate of drug-likeness (QED) is 0.683. The molecule has 0 spiro atoms. The SMILES string of the molecule is CCCC(C)(CC)c1csc(C)c1F. The average Bonchev–Trinajstić information content (AvgIpc) is 2.48. The van der Waals surface area contributed by atoms with E-state index in [-0.39, 0.29) is 11.2 Å². The topological polar surface area (TPSA) is 0 Å². The minimum absolute atomic E-state index is 0.0211. The highest BCUT2D eigenvalue weighted by Gasteiger charge is 2.28. The van der Waals surface area contributed by atoms with Crippen LogP contribution in [0.2, 0.25) is 0 Å². The molecule has 14 heavy (non-hydrogen) atoms. The summed E-state index contributed by atoms with van der Waals surface area (Å²) in [4.78, 5) is 0.816. The van der Waals surface area contributed by atoms with Gasteiger partial charge in [-0.05, 0) is 30.6 Å². The Balaban J connectivity index is 3.05. The molecule has 1 heterocycles. The van der Waals surface area contributed by atoms with Crippen LogP contribution in [0.4, 0.5) is 4.39 Å². The summed E-state index contributed by atoms with van der Waals surface area (Å²) in [7, 11) is 0. The standard InChI is InChI=1S/C12H19FS/c1-5-7-12(4,6-2)10-8-14-9(3)11(10)13/h8H,5-7H2,1-4H3. The van der Waals surface area contributed by atoms with Gasteiger partial charge in [-0.25, -0.2) is 4.39 Å². The van der Waals surface area contributed by atoms with E-state index in [0.717, 1.165) is 29.7 Å². The first-order chi connectivity index (χ1) is 6.55. The molecule has 1 aromatic heterocycles. The first kappa shape index (κ1) is 11.7. The zero-order chi connectivity index (χ0) is 10.8. The molecule has 80 valence electrons. The lowest BCUT2D eigenvalue weighted by Crippen LogP contribution is -2.21. The molecule has 0 aliphatic heterocycles. The molecular formula is C12H19FS. The van der Waals surface area contributed by atoms with E-state index in [1.54, 1.807) is 0 Å². The summed E-state index contributed by atoms with van der Waals surface area (Å²) in [6, 6.07) is 0. The van der Waals surface area contributed by atoms with Gasteiger partial charge in [-0.1, -0.05) is 27.2 Å². The Kier molecular flexibility index (Phi) is 3.71. The fraction of sp³-hybridized carbons (Fsp3) is 0.667. The van der Waals surface area contributed by atoms with Crippen LogP contribution in [0.15, 0.2) is 5.38 Å². The molecule has 0 saturated heterocycles. The highest BCUT2D eigenvalue weighted by molar-refractivity contribution is 7.10. The Morgan fingerprint density at radius 1 is 1.43 bits per heavy atom. The normalized spacial score (nSPS) is 15.5. The fourth-order valence-electron chi connectivity index (χ4n) is 1.90. The molecule has 2 heteroatoms. The van der Waals surface area contributed by atoms with E-state index < -0.39 is 0 Å². The number of hydrogen-bond donors (Lipinski definition) is 0. The van der Waals surface area contributed by atoms with Gasteiger partial charge in [-0.15, -0.1) is 11.3 Å². The van der Waals surface area contributed by atoms with E-state index in [1.807, 2.05) is 12.3 Å². The number of halogens is 1. The van der Waals surface area contributed by atoms with E-state index in [4.69, 9.17) is 0 Å². The molecule has 0 radical (unpaired) electrons.